The highest BCUT2D eigenvalue weighted by Crippen LogP contribution is 2.32. The van der Waals surface area contributed by atoms with E-state index < -0.39 is 0 Å². The van der Waals surface area contributed by atoms with E-state index in [1.54, 1.807) is 11.7 Å². The maximum absolute atomic E-state index is 12.8. The van der Waals surface area contributed by atoms with Crippen LogP contribution in [-0.4, -0.2) is 37.8 Å². The van der Waals surface area contributed by atoms with Gasteiger partial charge >= 0.3 is 0 Å². The number of aliphatic imine (C=N–C) groups is 1. The summed E-state index contributed by atoms with van der Waals surface area (Å²) in [6, 6.07) is 5.49. The Bertz CT molecular complexity index is 1110. The molecule has 2 heterocycles. The van der Waals surface area contributed by atoms with Crippen molar-refractivity contribution in [3.8, 4) is 17.1 Å². The number of benzene rings is 1. The molecule has 0 aliphatic rings. The fraction of sp³-hybridized carbons (Fsp3) is 0.400. The molecule has 0 fully saturated rings. The predicted octanol–water partition coefficient (Wildman–Crippen LogP) is 3.99. The van der Waals surface area contributed by atoms with Crippen molar-refractivity contribution < 1.29 is 4.74 Å². The number of nitrogens with zero attached hydrogens (tertiary/aromatic N) is 4. The number of hydrogen-bond donors (Lipinski definition) is 2. The summed E-state index contributed by atoms with van der Waals surface area (Å²) in [7, 11) is 1.76. The molecule has 0 saturated carbocycles. The zero-order valence-electron chi connectivity index (χ0n) is 17.6. The largest absolute Gasteiger partial charge is 0.493 e. The number of thioether (sulfide) groups is 1. The summed E-state index contributed by atoms with van der Waals surface area (Å²) in [5.41, 5.74) is 8.86. The Kier molecular flexibility index (Phi) is 8.71. The van der Waals surface area contributed by atoms with Crippen molar-refractivity contribution in [1.82, 2.24) is 19.7 Å². The zero-order valence-corrected chi connectivity index (χ0v) is 20.7. The van der Waals surface area contributed by atoms with Crippen molar-refractivity contribution in [3.63, 3.8) is 0 Å². The maximum atomic E-state index is 12.8. The number of ether oxygens (including phenoxy) is 1. The summed E-state index contributed by atoms with van der Waals surface area (Å²) in [6.07, 6.45) is 4.40. The number of aromatic amines is 1. The third-order valence-corrected chi connectivity index (χ3v) is 4.89. The van der Waals surface area contributed by atoms with Gasteiger partial charge in [-0.3, -0.25) is 9.48 Å². The zero-order chi connectivity index (χ0) is 21.0. The van der Waals surface area contributed by atoms with Crippen molar-refractivity contribution in [2.75, 3.05) is 12.9 Å². The molecule has 0 unspecified atom stereocenters. The van der Waals surface area contributed by atoms with Gasteiger partial charge in [0.05, 0.1) is 23.6 Å². The molecule has 0 spiro atoms. The first kappa shape index (κ1) is 24.2. The monoisotopic (exact) mass is 542 g/mol. The van der Waals surface area contributed by atoms with Crippen LogP contribution >= 0.6 is 35.7 Å². The molecule has 0 saturated heterocycles. The molecule has 2 aromatic heterocycles. The van der Waals surface area contributed by atoms with Gasteiger partial charge in [0.2, 0.25) is 0 Å². The number of aryl methyl sites for hydroxylation is 2. The summed E-state index contributed by atoms with van der Waals surface area (Å²) >= 11 is 1.37. The minimum Gasteiger partial charge on any atom is -0.493 e. The number of H-pyrrole nitrogens is 1. The number of nitrogens with one attached hydrogen (secondary N) is 1. The number of halogens is 1. The van der Waals surface area contributed by atoms with Crippen LogP contribution in [0, 0.1) is 0 Å². The van der Waals surface area contributed by atoms with Crippen LogP contribution in [0.15, 0.2) is 28.0 Å². The second kappa shape index (κ2) is 10.8. The summed E-state index contributed by atoms with van der Waals surface area (Å²) in [4.78, 5) is 24.8. The van der Waals surface area contributed by atoms with Crippen molar-refractivity contribution in [1.29, 1.82) is 0 Å². The Morgan fingerprint density at radius 1 is 1.33 bits per heavy atom. The average Bonchev–Trinajstić information content (AvgIpc) is 3.03. The summed E-state index contributed by atoms with van der Waals surface area (Å²) in [5, 5.41) is 4.93. The molecule has 3 aromatic rings. The molecule has 3 rings (SSSR count). The lowest BCUT2D eigenvalue weighted by Gasteiger charge is -2.12. The van der Waals surface area contributed by atoms with Gasteiger partial charge in [0.25, 0.3) is 5.56 Å². The highest BCUT2D eigenvalue weighted by atomic mass is 127. The van der Waals surface area contributed by atoms with E-state index >= 15 is 0 Å². The third kappa shape index (κ3) is 5.15. The van der Waals surface area contributed by atoms with Crippen LogP contribution in [-0.2, 0) is 13.5 Å². The fourth-order valence-electron chi connectivity index (χ4n) is 3.06. The highest BCUT2D eigenvalue weighted by molar-refractivity contribution is 14.0. The van der Waals surface area contributed by atoms with E-state index in [0.29, 0.717) is 45.6 Å². The SMILES string of the molecule is CCCOc1ccc(N=C(N)SC)cc1-c1nc2c(CCC)nn(C)c2c(=O)[nH]1.I. The van der Waals surface area contributed by atoms with E-state index in [0.717, 1.165) is 25.0 Å². The van der Waals surface area contributed by atoms with Crippen molar-refractivity contribution >= 4 is 57.6 Å². The Morgan fingerprint density at radius 2 is 2.10 bits per heavy atom. The molecule has 0 amide bonds. The van der Waals surface area contributed by atoms with Gasteiger partial charge in [-0.2, -0.15) is 5.10 Å². The molecule has 10 heteroatoms. The number of aromatic nitrogens is 4. The van der Waals surface area contributed by atoms with Gasteiger partial charge in [-0.15, -0.1) is 24.0 Å². The van der Waals surface area contributed by atoms with Crippen LogP contribution in [0.5, 0.6) is 5.75 Å². The second-order valence-electron chi connectivity index (χ2n) is 6.62. The first-order valence-corrected chi connectivity index (χ1v) is 10.8. The first-order valence-electron chi connectivity index (χ1n) is 9.59. The molecule has 0 bridgehead atoms. The number of amidine groups is 1. The molecule has 30 heavy (non-hydrogen) atoms. The summed E-state index contributed by atoms with van der Waals surface area (Å²) in [5.74, 6) is 1.07. The molecule has 0 atom stereocenters. The predicted molar refractivity (Wildman–Crippen MR) is 135 cm³/mol. The fourth-order valence-corrected chi connectivity index (χ4v) is 3.26. The van der Waals surface area contributed by atoms with Crippen molar-refractivity contribution in [2.45, 2.75) is 33.1 Å². The van der Waals surface area contributed by atoms with Crippen LogP contribution in [0.25, 0.3) is 22.4 Å². The standard InChI is InChI=1S/C20H26N6O2S.HI/c1-5-7-14-16-17(26(3)25-14)19(27)24-18(23-16)13-11-12(22-20(21)29-4)8-9-15(13)28-10-6-2;/h8-9,11H,5-7,10H2,1-4H3,(H2,21,22)(H,23,24,27);1H. The lowest BCUT2D eigenvalue weighted by Crippen LogP contribution is -2.13. The first-order chi connectivity index (χ1) is 14.0. The normalized spacial score (nSPS) is 11.5. The smallest absolute Gasteiger partial charge is 0.277 e. The molecular formula is C20H27IN6O2S. The van der Waals surface area contributed by atoms with Crippen LogP contribution in [0.4, 0.5) is 5.69 Å². The lowest BCUT2D eigenvalue weighted by molar-refractivity contribution is 0.318. The van der Waals surface area contributed by atoms with E-state index in [1.807, 2.05) is 31.4 Å². The second-order valence-corrected chi connectivity index (χ2v) is 7.44. The Hall–Kier alpha value is -2.08. The van der Waals surface area contributed by atoms with E-state index in [-0.39, 0.29) is 29.5 Å². The Labute approximate surface area is 196 Å². The van der Waals surface area contributed by atoms with Gasteiger partial charge in [-0.1, -0.05) is 32.0 Å². The highest BCUT2D eigenvalue weighted by Gasteiger charge is 2.17. The molecule has 3 N–H and O–H groups in total. The van der Waals surface area contributed by atoms with Gasteiger partial charge in [0, 0.05) is 7.05 Å². The summed E-state index contributed by atoms with van der Waals surface area (Å²) in [6.45, 7) is 4.67. The van der Waals surface area contributed by atoms with Crippen LogP contribution < -0.4 is 16.0 Å². The number of rotatable bonds is 7. The number of fused-ring (bicyclic) bond motifs is 1. The lowest BCUT2D eigenvalue weighted by atomic mass is 10.1. The molecule has 8 nitrogen and oxygen atoms in total. The average molecular weight is 542 g/mol. The molecular weight excluding hydrogens is 515 g/mol. The number of hydrogen-bond acceptors (Lipinski definition) is 6. The van der Waals surface area contributed by atoms with Gasteiger partial charge in [0.15, 0.2) is 10.7 Å². The van der Waals surface area contributed by atoms with E-state index in [1.165, 1.54) is 11.8 Å². The van der Waals surface area contributed by atoms with Crippen LogP contribution in [0.2, 0.25) is 0 Å². The molecule has 0 aliphatic carbocycles. The molecule has 1 aromatic carbocycles. The van der Waals surface area contributed by atoms with Gasteiger partial charge in [0.1, 0.15) is 17.1 Å². The molecule has 0 aliphatic heterocycles. The van der Waals surface area contributed by atoms with Gasteiger partial charge in [-0.25, -0.2) is 9.98 Å². The minimum atomic E-state index is -0.235. The Balaban J connectivity index is 0.00000320. The van der Waals surface area contributed by atoms with Gasteiger partial charge in [-0.05, 0) is 37.3 Å². The summed E-state index contributed by atoms with van der Waals surface area (Å²) < 4.78 is 7.48. The van der Waals surface area contributed by atoms with E-state index in [9.17, 15) is 4.79 Å². The van der Waals surface area contributed by atoms with E-state index in [2.05, 4.69) is 22.0 Å². The van der Waals surface area contributed by atoms with Crippen molar-refractivity contribution in [2.24, 2.45) is 17.8 Å². The Morgan fingerprint density at radius 3 is 2.77 bits per heavy atom. The van der Waals surface area contributed by atoms with Crippen molar-refractivity contribution in [3.05, 3.63) is 34.2 Å². The minimum absolute atomic E-state index is 0. The molecule has 0 radical (unpaired) electrons. The maximum Gasteiger partial charge on any atom is 0.277 e. The quantitative estimate of drug-likeness (QED) is 0.265. The molecule has 162 valence electrons. The number of nitrogens with two attached hydrogens (primary N) is 1. The van der Waals surface area contributed by atoms with Crippen LogP contribution in [0.1, 0.15) is 32.4 Å². The topological polar surface area (TPSA) is 111 Å². The van der Waals surface area contributed by atoms with Gasteiger partial charge < -0.3 is 15.5 Å². The van der Waals surface area contributed by atoms with E-state index in [4.69, 9.17) is 15.5 Å². The third-order valence-electron chi connectivity index (χ3n) is 4.38. The van der Waals surface area contributed by atoms with Crippen LogP contribution in [0.3, 0.4) is 0 Å².